The number of para-hydroxylation sites is 1. The predicted molar refractivity (Wildman–Crippen MR) is 103 cm³/mol. The van der Waals surface area contributed by atoms with Crippen LogP contribution in [0.5, 0.6) is 0 Å². The predicted octanol–water partition coefficient (Wildman–Crippen LogP) is 2.66. The summed E-state index contributed by atoms with van der Waals surface area (Å²) in [6.07, 6.45) is 2.03. The largest absolute Gasteiger partial charge is 0.465 e. The number of nitrogens with zero attached hydrogens (tertiary/aromatic N) is 2. The van der Waals surface area contributed by atoms with E-state index in [0.29, 0.717) is 17.5 Å². The van der Waals surface area contributed by atoms with Crippen molar-refractivity contribution in [2.45, 2.75) is 25.4 Å². The molecule has 4 rings (SSSR count). The summed E-state index contributed by atoms with van der Waals surface area (Å²) < 4.78 is 6.48. The number of hydrogen-bond acceptors (Lipinski definition) is 5. The zero-order valence-corrected chi connectivity index (χ0v) is 15.1. The van der Waals surface area contributed by atoms with Crippen LogP contribution in [0.25, 0.3) is 10.9 Å². The molecule has 27 heavy (non-hydrogen) atoms. The van der Waals surface area contributed by atoms with Crippen LogP contribution in [0.3, 0.4) is 0 Å². The Bertz CT molecular complexity index is 1030. The molecule has 0 unspecified atom stereocenters. The summed E-state index contributed by atoms with van der Waals surface area (Å²) in [5.41, 5.74) is 2.11. The van der Waals surface area contributed by atoms with Crippen molar-refractivity contribution >= 4 is 16.9 Å². The average Bonchev–Trinajstić information content (AvgIpc) is 3.24. The highest BCUT2D eigenvalue weighted by molar-refractivity contribution is 5.89. The van der Waals surface area contributed by atoms with Crippen LogP contribution in [0, 0.1) is 0 Å². The number of hydrogen-bond donors (Lipinski definition) is 1. The number of esters is 1. The van der Waals surface area contributed by atoms with E-state index in [4.69, 9.17) is 9.72 Å². The molecule has 2 heterocycles. The minimum atomic E-state index is -0.373. The number of aromatic nitrogens is 2. The summed E-state index contributed by atoms with van der Waals surface area (Å²) in [6.45, 7) is 1.34. The van der Waals surface area contributed by atoms with Gasteiger partial charge in [0.25, 0.3) is 5.56 Å². The monoisotopic (exact) mass is 363 g/mol. The number of nitrogens with one attached hydrogen (secondary N) is 1. The van der Waals surface area contributed by atoms with Gasteiger partial charge in [-0.25, -0.2) is 9.78 Å². The zero-order valence-electron chi connectivity index (χ0n) is 15.1. The molecule has 0 aliphatic carbocycles. The van der Waals surface area contributed by atoms with Crippen molar-refractivity contribution in [1.29, 1.82) is 0 Å². The smallest absolute Gasteiger partial charge is 0.337 e. The van der Waals surface area contributed by atoms with Crippen molar-refractivity contribution in [2.24, 2.45) is 0 Å². The highest BCUT2D eigenvalue weighted by Gasteiger charge is 2.23. The molecule has 3 aromatic rings. The molecule has 1 atom stereocenters. The third-order valence-corrected chi connectivity index (χ3v) is 4.98. The maximum atomic E-state index is 13.2. The van der Waals surface area contributed by atoms with Gasteiger partial charge in [0.15, 0.2) is 0 Å². The van der Waals surface area contributed by atoms with Crippen LogP contribution in [0.2, 0.25) is 0 Å². The first kappa shape index (κ1) is 17.4. The lowest BCUT2D eigenvalue weighted by molar-refractivity contribution is 0.0600. The average molecular weight is 363 g/mol. The fourth-order valence-electron chi connectivity index (χ4n) is 3.56. The Morgan fingerprint density at radius 1 is 1.22 bits per heavy atom. The number of carbonyl (C=O) groups excluding carboxylic acids is 1. The Morgan fingerprint density at radius 3 is 2.70 bits per heavy atom. The second-order valence-corrected chi connectivity index (χ2v) is 6.72. The maximum absolute atomic E-state index is 13.2. The van der Waals surface area contributed by atoms with E-state index >= 15 is 0 Å². The molecule has 6 heteroatoms. The van der Waals surface area contributed by atoms with E-state index in [0.717, 1.165) is 36.3 Å². The summed E-state index contributed by atoms with van der Waals surface area (Å²) in [4.78, 5) is 29.6. The van der Waals surface area contributed by atoms with Gasteiger partial charge < -0.3 is 10.1 Å². The van der Waals surface area contributed by atoms with Gasteiger partial charge in [0.2, 0.25) is 0 Å². The van der Waals surface area contributed by atoms with Crippen molar-refractivity contribution in [1.82, 2.24) is 14.9 Å². The van der Waals surface area contributed by atoms with Crippen LogP contribution in [-0.2, 0) is 11.3 Å². The number of benzene rings is 2. The quantitative estimate of drug-likeness (QED) is 0.722. The van der Waals surface area contributed by atoms with Gasteiger partial charge in [-0.1, -0.05) is 24.3 Å². The van der Waals surface area contributed by atoms with Gasteiger partial charge in [-0.2, -0.15) is 0 Å². The maximum Gasteiger partial charge on any atom is 0.337 e. The summed E-state index contributed by atoms with van der Waals surface area (Å²) in [6, 6.07) is 14.7. The highest BCUT2D eigenvalue weighted by Crippen LogP contribution is 2.23. The Balaban J connectivity index is 1.77. The van der Waals surface area contributed by atoms with Crippen LogP contribution in [0.1, 0.15) is 40.6 Å². The molecule has 1 aliphatic heterocycles. The normalized spacial score (nSPS) is 16.6. The number of fused-ring (bicyclic) bond motifs is 1. The van der Waals surface area contributed by atoms with Gasteiger partial charge in [0.1, 0.15) is 5.82 Å². The summed E-state index contributed by atoms with van der Waals surface area (Å²) in [5.74, 6) is 0.398. The molecular weight excluding hydrogens is 342 g/mol. The van der Waals surface area contributed by atoms with E-state index in [1.165, 1.54) is 7.11 Å². The Kier molecular flexibility index (Phi) is 4.73. The number of ether oxygens (including phenoxy) is 1. The standard InChI is InChI=1S/C21H21N3O3/c1-27-21(26)15-10-8-14(9-11-15)13-24-19(18-7-4-12-22-18)23-17-6-3-2-5-16(17)20(24)25/h2-3,5-6,8-11,18,22H,4,7,12-13H2,1H3/t18-/m0/s1. The van der Waals surface area contributed by atoms with Crippen molar-refractivity contribution in [3.8, 4) is 0 Å². The summed E-state index contributed by atoms with van der Waals surface area (Å²) in [5, 5.41) is 4.06. The second kappa shape index (κ2) is 7.32. The third kappa shape index (κ3) is 3.36. The summed E-state index contributed by atoms with van der Waals surface area (Å²) in [7, 11) is 1.36. The molecule has 1 aliphatic rings. The highest BCUT2D eigenvalue weighted by atomic mass is 16.5. The molecule has 2 aromatic carbocycles. The van der Waals surface area contributed by atoms with Gasteiger partial charge in [-0.05, 0) is 49.2 Å². The van der Waals surface area contributed by atoms with Gasteiger partial charge in [-0.15, -0.1) is 0 Å². The summed E-state index contributed by atoms with van der Waals surface area (Å²) >= 11 is 0. The van der Waals surface area contributed by atoms with Crippen molar-refractivity contribution in [3.63, 3.8) is 0 Å². The molecule has 6 nitrogen and oxygen atoms in total. The molecule has 1 saturated heterocycles. The van der Waals surface area contributed by atoms with Gasteiger partial charge in [0, 0.05) is 0 Å². The number of carbonyl (C=O) groups is 1. The van der Waals surface area contributed by atoms with Gasteiger partial charge >= 0.3 is 5.97 Å². The van der Waals surface area contributed by atoms with Crippen LogP contribution in [0.15, 0.2) is 53.3 Å². The van der Waals surface area contributed by atoms with Crippen LogP contribution in [0.4, 0.5) is 0 Å². The molecule has 1 aromatic heterocycles. The van der Waals surface area contributed by atoms with E-state index in [2.05, 4.69) is 5.32 Å². The van der Waals surface area contributed by atoms with E-state index < -0.39 is 0 Å². The molecular formula is C21H21N3O3. The molecule has 0 spiro atoms. The minimum absolute atomic E-state index is 0.0404. The van der Waals surface area contributed by atoms with Crippen molar-refractivity contribution < 1.29 is 9.53 Å². The zero-order chi connectivity index (χ0) is 18.8. The van der Waals surface area contributed by atoms with E-state index in [-0.39, 0.29) is 17.6 Å². The van der Waals surface area contributed by atoms with Gasteiger partial charge in [0.05, 0.1) is 36.2 Å². The Hall–Kier alpha value is -2.99. The molecule has 1 fully saturated rings. The molecule has 0 radical (unpaired) electrons. The molecule has 0 saturated carbocycles. The SMILES string of the molecule is COC(=O)c1ccc(Cn2c([C@@H]3CCCN3)nc3ccccc3c2=O)cc1. The van der Waals surface area contributed by atoms with E-state index in [1.54, 1.807) is 16.7 Å². The van der Waals surface area contributed by atoms with Crippen LogP contribution >= 0.6 is 0 Å². The minimum Gasteiger partial charge on any atom is -0.465 e. The Labute approximate surface area is 156 Å². The topological polar surface area (TPSA) is 73.2 Å². The first-order valence-electron chi connectivity index (χ1n) is 9.07. The van der Waals surface area contributed by atoms with Crippen LogP contribution in [-0.4, -0.2) is 29.2 Å². The van der Waals surface area contributed by atoms with Gasteiger partial charge in [-0.3, -0.25) is 9.36 Å². The molecule has 1 N–H and O–H groups in total. The molecule has 0 amide bonds. The third-order valence-electron chi connectivity index (χ3n) is 4.98. The number of methoxy groups -OCH3 is 1. The van der Waals surface area contributed by atoms with Crippen LogP contribution < -0.4 is 10.9 Å². The molecule has 0 bridgehead atoms. The van der Waals surface area contributed by atoms with E-state index in [1.807, 2.05) is 36.4 Å². The lowest BCUT2D eigenvalue weighted by atomic mass is 10.1. The molecule has 138 valence electrons. The van der Waals surface area contributed by atoms with Crippen molar-refractivity contribution in [2.75, 3.05) is 13.7 Å². The fourth-order valence-corrected chi connectivity index (χ4v) is 3.56. The van der Waals surface area contributed by atoms with Crippen molar-refractivity contribution in [3.05, 3.63) is 75.8 Å². The lowest BCUT2D eigenvalue weighted by Gasteiger charge is -2.18. The first-order chi connectivity index (χ1) is 13.2. The second-order valence-electron chi connectivity index (χ2n) is 6.72. The van der Waals surface area contributed by atoms with E-state index in [9.17, 15) is 9.59 Å². The fraction of sp³-hybridized carbons (Fsp3) is 0.286. The lowest BCUT2D eigenvalue weighted by Crippen LogP contribution is -2.30. The number of rotatable bonds is 4. The Morgan fingerprint density at radius 2 is 2.00 bits per heavy atom. The first-order valence-corrected chi connectivity index (χ1v) is 9.07.